The molecule has 198 valence electrons. The fraction of sp³-hybridized carbons (Fsp3) is 0.267. The van der Waals surface area contributed by atoms with Crippen LogP contribution in [0.1, 0.15) is 40.5 Å². The molecule has 3 unspecified atom stereocenters. The molecule has 39 heavy (non-hydrogen) atoms. The van der Waals surface area contributed by atoms with Gasteiger partial charge in [-0.05, 0) is 54.7 Å². The second-order valence-corrected chi connectivity index (χ2v) is 10.1. The van der Waals surface area contributed by atoms with Crippen LogP contribution in [0.3, 0.4) is 0 Å². The summed E-state index contributed by atoms with van der Waals surface area (Å²) >= 11 is 0. The van der Waals surface area contributed by atoms with Crippen molar-refractivity contribution in [2.75, 3.05) is 13.1 Å². The molecule has 1 aliphatic carbocycles. The van der Waals surface area contributed by atoms with Gasteiger partial charge in [-0.25, -0.2) is 13.9 Å². The zero-order chi connectivity index (χ0) is 27.1. The Morgan fingerprint density at radius 2 is 1.90 bits per heavy atom. The predicted octanol–water partition coefficient (Wildman–Crippen LogP) is 3.86. The van der Waals surface area contributed by atoms with Crippen molar-refractivity contribution in [1.82, 2.24) is 24.8 Å². The molecule has 1 fully saturated rings. The highest BCUT2D eigenvalue weighted by molar-refractivity contribution is 5.91. The first-order valence-electron chi connectivity index (χ1n) is 13.1. The van der Waals surface area contributed by atoms with Crippen molar-refractivity contribution >= 4 is 17.5 Å². The van der Waals surface area contributed by atoms with Crippen molar-refractivity contribution in [3.8, 4) is 22.5 Å². The molecule has 2 aromatic heterocycles. The number of aryl methyl sites for hydroxylation is 1. The third kappa shape index (κ3) is 4.59. The maximum Gasteiger partial charge on any atom is 0.269 e. The number of amides is 2. The zero-order valence-electron chi connectivity index (χ0n) is 21.4. The number of carbonyl (C=O) groups excluding carboxylic acids is 2. The van der Waals surface area contributed by atoms with Crippen LogP contribution in [0.2, 0.25) is 0 Å². The van der Waals surface area contributed by atoms with Crippen molar-refractivity contribution in [2.45, 2.75) is 37.5 Å². The van der Waals surface area contributed by atoms with E-state index in [1.807, 2.05) is 36.4 Å². The smallest absolute Gasteiger partial charge is 0.269 e. The summed E-state index contributed by atoms with van der Waals surface area (Å²) in [5, 5.41) is 8.00. The van der Waals surface area contributed by atoms with E-state index in [-0.39, 0.29) is 30.2 Å². The van der Waals surface area contributed by atoms with Crippen LogP contribution in [0, 0.1) is 0 Å². The Morgan fingerprint density at radius 3 is 2.64 bits per heavy atom. The van der Waals surface area contributed by atoms with Crippen LogP contribution in [0.25, 0.3) is 28.2 Å². The van der Waals surface area contributed by atoms with Crippen LogP contribution in [-0.4, -0.2) is 56.6 Å². The molecule has 2 aliphatic rings. The van der Waals surface area contributed by atoms with Gasteiger partial charge in [0, 0.05) is 29.8 Å². The number of primary amides is 1. The maximum absolute atomic E-state index is 15.0. The van der Waals surface area contributed by atoms with Crippen molar-refractivity contribution in [3.05, 3.63) is 90.1 Å². The Labute approximate surface area is 225 Å². The predicted molar refractivity (Wildman–Crippen MR) is 147 cm³/mol. The monoisotopic (exact) mass is 524 g/mol. The van der Waals surface area contributed by atoms with E-state index < -0.39 is 12.1 Å². The normalized spacial score (nSPS) is 20.6. The molecular weight excluding hydrogens is 495 g/mol. The molecule has 2 amide bonds. The summed E-state index contributed by atoms with van der Waals surface area (Å²) in [7, 11) is 0. The van der Waals surface area contributed by atoms with E-state index in [0.29, 0.717) is 18.6 Å². The van der Waals surface area contributed by atoms with Crippen LogP contribution in [-0.2, 0) is 11.2 Å². The number of fused-ring (bicyclic) bond motifs is 2. The number of benzene rings is 2. The Balaban J connectivity index is 1.31. The largest absolute Gasteiger partial charge is 0.364 e. The number of aromatic nitrogens is 3. The van der Waals surface area contributed by atoms with Gasteiger partial charge < -0.3 is 16.0 Å². The first kappa shape index (κ1) is 24.9. The third-order valence-corrected chi connectivity index (χ3v) is 7.71. The van der Waals surface area contributed by atoms with Gasteiger partial charge in [-0.1, -0.05) is 49.0 Å². The minimum Gasteiger partial charge on any atom is -0.364 e. The number of carbonyl (C=O) groups is 2. The van der Waals surface area contributed by atoms with Gasteiger partial charge in [-0.15, -0.1) is 0 Å². The molecule has 0 spiro atoms. The first-order chi connectivity index (χ1) is 18.9. The molecule has 0 bridgehead atoms. The van der Waals surface area contributed by atoms with E-state index in [1.54, 1.807) is 16.6 Å². The summed E-state index contributed by atoms with van der Waals surface area (Å²) in [6.45, 7) is 4.11. The van der Waals surface area contributed by atoms with E-state index in [4.69, 9.17) is 10.7 Å². The lowest BCUT2D eigenvalue weighted by atomic mass is 9.98. The van der Waals surface area contributed by atoms with Crippen LogP contribution in [0.4, 0.5) is 4.39 Å². The summed E-state index contributed by atoms with van der Waals surface area (Å²) in [6, 6.07) is 19.2. The number of piperidine rings is 1. The Bertz CT molecular complexity index is 1580. The standard InChI is InChI=1S/C30H29FN6O2/c1-2-27(38)36-15-14-24(22(31)17-36)33-23-11-9-19-16-20(8-10-21(19)23)28-29(18-6-4-3-5-7-18)37-26(34-28)13-12-25(35-37)30(32)39/h2-8,10,12-13,16,22-24,33H,1,9,11,14-15,17H2,(H2,32,39). The van der Waals surface area contributed by atoms with Gasteiger partial charge in [0.1, 0.15) is 17.6 Å². The molecule has 4 aromatic rings. The molecule has 8 nitrogen and oxygen atoms in total. The lowest BCUT2D eigenvalue weighted by Crippen LogP contribution is -2.52. The summed E-state index contributed by atoms with van der Waals surface area (Å²) < 4.78 is 16.6. The molecule has 3 N–H and O–H groups in total. The Hall–Kier alpha value is -4.37. The number of rotatable bonds is 6. The Morgan fingerprint density at radius 1 is 1.08 bits per heavy atom. The van der Waals surface area contributed by atoms with E-state index in [0.717, 1.165) is 40.9 Å². The summed E-state index contributed by atoms with van der Waals surface area (Å²) in [5.41, 5.74) is 12.0. The highest BCUT2D eigenvalue weighted by Crippen LogP contribution is 2.38. The number of nitrogens with two attached hydrogens (primary N) is 1. The van der Waals surface area contributed by atoms with E-state index in [2.05, 4.69) is 29.1 Å². The summed E-state index contributed by atoms with van der Waals surface area (Å²) in [6.07, 6.45) is 2.41. The topological polar surface area (TPSA) is 106 Å². The van der Waals surface area contributed by atoms with Crippen molar-refractivity contribution in [2.24, 2.45) is 5.73 Å². The molecule has 2 aromatic carbocycles. The van der Waals surface area contributed by atoms with E-state index >= 15 is 0 Å². The van der Waals surface area contributed by atoms with Crippen LogP contribution >= 0.6 is 0 Å². The molecule has 0 radical (unpaired) electrons. The van der Waals surface area contributed by atoms with Crippen molar-refractivity contribution in [1.29, 1.82) is 0 Å². The second kappa shape index (κ2) is 10.1. The van der Waals surface area contributed by atoms with Gasteiger partial charge in [-0.2, -0.15) is 5.10 Å². The Kier molecular flexibility index (Phi) is 6.44. The van der Waals surface area contributed by atoms with Gasteiger partial charge >= 0.3 is 0 Å². The van der Waals surface area contributed by atoms with Crippen LogP contribution in [0.5, 0.6) is 0 Å². The minimum absolute atomic E-state index is 0.0495. The number of hydrogen-bond donors (Lipinski definition) is 2. The van der Waals surface area contributed by atoms with E-state index in [1.165, 1.54) is 16.5 Å². The van der Waals surface area contributed by atoms with E-state index in [9.17, 15) is 14.0 Å². The SMILES string of the molecule is C=CC(=O)N1CCC(NC2CCc3cc(-c4nc5ccc(C(N)=O)nn5c4-c4ccccc4)ccc32)C(F)C1. The highest BCUT2D eigenvalue weighted by atomic mass is 19.1. The van der Waals surface area contributed by atoms with Gasteiger partial charge in [0.05, 0.1) is 12.2 Å². The highest BCUT2D eigenvalue weighted by Gasteiger charge is 2.34. The zero-order valence-corrected chi connectivity index (χ0v) is 21.4. The summed E-state index contributed by atoms with van der Waals surface area (Å²) in [5.74, 6) is -0.826. The van der Waals surface area contributed by atoms with Gasteiger partial charge in [0.25, 0.3) is 5.91 Å². The number of imidazole rings is 1. The number of likely N-dealkylation sites (tertiary alicyclic amines) is 1. The number of halogens is 1. The number of hydrogen-bond acceptors (Lipinski definition) is 5. The molecule has 1 saturated heterocycles. The second-order valence-electron chi connectivity index (χ2n) is 10.1. The molecule has 1 aliphatic heterocycles. The quantitative estimate of drug-likeness (QED) is 0.373. The van der Waals surface area contributed by atoms with Gasteiger partial charge in [0.15, 0.2) is 5.65 Å². The average molecular weight is 525 g/mol. The van der Waals surface area contributed by atoms with Crippen molar-refractivity contribution < 1.29 is 14.0 Å². The fourth-order valence-electron chi connectivity index (χ4n) is 5.74. The number of nitrogens with one attached hydrogen (secondary N) is 1. The lowest BCUT2D eigenvalue weighted by molar-refractivity contribution is -0.128. The molecule has 0 saturated carbocycles. The lowest BCUT2D eigenvalue weighted by Gasteiger charge is -2.36. The molecule has 3 heterocycles. The van der Waals surface area contributed by atoms with Crippen LogP contribution < -0.4 is 11.1 Å². The molecule has 3 atom stereocenters. The molecular formula is C30H29FN6O2. The van der Waals surface area contributed by atoms with Gasteiger partial charge in [0.2, 0.25) is 5.91 Å². The fourth-order valence-corrected chi connectivity index (χ4v) is 5.74. The summed E-state index contributed by atoms with van der Waals surface area (Å²) in [4.78, 5) is 30.1. The maximum atomic E-state index is 15.0. The molecule has 9 heteroatoms. The third-order valence-electron chi connectivity index (χ3n) is 7.71. The first-order valence-corrected chi connectivity index (χ1v) is 13.1. The van der Waals surface area contributed by atoms with Crippen LogP contribution in [0.15, 0.2) is 73.3 Å². The van der Waals surface area contributed by atoms with Gasteiger partial charge in [-0.3, -0.25) is 9.59 Å². The number of alkyl halides is 1. The average Bonchev–Trinajstić information content (AvgIpc) is 3.54. The molecule has 6 rings (SSSR count). The number of nitrogens with zero attached hydrogens (tertiary/aromatic N) is 4. The minimum atomic E-state index is -1.13. The van der Waals surface area contributed by atoms with Crippen molar-refractivity contribution in [3.63, 3.8) is 0 Å².